The molecule has 1 heterocycles. The third-order valence-electron chi connectivity index (χ3n) is 10.7. The van der Waals surface area contributed by atoms with Gasteiger partial charge in [0.2, 0.25) is 46.3 Å². The van der Waals surface area contributed by atoms with Crippen LogP contribution in [0.3, 0.4) is 0 Å². The number of allylic oxidation sites excluding steroid dienone is 10. The Morgan fingerprint density at radius 2 is 0.724 bits per heavy atom. The van der Waals surface area contributed by atoms with E-state index >= 15 is 0 Å². The van der Waals surface area contributed by atoms with Crippen LogP contribution in [0.4, 0.5) is 0 Å². The molecular formula is C42H40N4O12. The minimum Gasteiger partial charge on any atom is -0.298 e. The molecule has 0 aromatic rings. The first kappa shape index (κ1) is 42.6. The van der Waals surface area contributed by atoms with Gasteiger partial charge in [0.1, 0.15) is 23.7 Å². The van der Waals surface area contributed by atoms with E-state index in [1.165, 1.54) is 48.6 Å². The SMILES string of the molecule is C=C1C=CC(C(=O)C2CCCN(C(=O)C3C=CC(=C)C(=O)C3=O)NNN(C(=O)C3C=CC(=C)C(=O)C3=O)CCCC(C(=O)C3C=CC(=C)C(=O)C3=O)CC2)C(=O)C1=O. The maximum atomic E-state index is 14.0. The summed E-state index contributed by atoms with van der Waals surface area (Å²) in [6.45, 7) is 13.5. The van der Waals surface area contributed by atoms with Crippen molar-refractivity contribution < 1.29 is 57.5 Å². The van der Waals surface area contributed by atoms with E-state index in [1.807, 2.05) is 0 Å². The first-order chi connectivity index (χ1) is 27.4. The summed E-state index contributed by atoms with van der Waals surface area (Å²) in [5.41, 5.74) is 4.66. The van der Waals surface area contributed by atoms with Gasteiger partial charge in [-0.25, -0.2) is 0 Å². The van der Waals surface area contributed by atoms with E-state index in [2.05, 4.69) is 37.4 Å². The molecule has 300 valence electrons. The van der Waals surface area contributed by atoms with Crippen molar-refractivity contribution >= 4 is 69.6 Å². The minimum atomic E-state index is -1.60. The number of carbonyl (C=O) groups is 12. The molecule has 0 saturated carbocycles. The summed E-state index contributed by atoms with van der Waals surface area (Å²) in [5.74, 6) is -19.2. The molecule has 5 aliphatic rings. The smallest absolute Gasteiger partial charge is 0.252 e. The summed E-state index contributed by atoms with van der Waals surface area (Å²) in [6.07, 6.45) is 9.61. The zero-order chi connectivity index (χ0) is 42.6. The van der Waals surface area contributed by atoms with E-state index in [-0.39, 0.29) is 73.9 Å². The molecule has 1 saturated heterocycles. The number of hydrazine groups is 3. The summed E-state index contributed by atoms with van der Waals surface area (Å²) < 4.78 is 0. The van der Waals surface area contributed by atoms with Crippen LogP contribution < -0.4 is 11.1 Å². The largest absolute Gasteiger partial charge is 0.298 e. The molecule has 5 rings (SSSR count). The lowest BCUT2D eigenvalue weighted by Crippen LogP contribution is -2.61. The van der Waals surface area contributed by atoms with Crippen molar-refractivity contribution in [2.75, 3.05) is 13.1 Å². The summed E-state index contributed by atoms with van der Waals surface area (Å²) in [7, 11) is 0. The van der Waals surface area contributed by atoms with Crippen LogP contribution in [0, 0.1) is 35.5 Å². The molecule has 2 N–H and O–H groups in total. The quantitative estimate of drug-likeness (QED) is 0.215. The van der Waals surface area contributed by atoms with E-state index in [9.17, 15) is 57.5 Å². The monoisotopic (exact) mass is 792 g/mol. The normalized spacial score (nSPS) is 28.0. The van der Waals surface area contributed by atoms with E-state index < -0.39 is 105 Å². The molecule has 0 spiro atoms. The number of hydrogen-bond donors (Lipinski definition) is 2. The lowest BCUT2D eigenvalue weighted by Gasteiger charge is -2.33. The fraction of sp³-hybridized carbons (Fsp3) is 0.333. The van der Waals surface area contributed by atoms with Gasteiger partial charge in [-0.05, 0) is 38.5 Å². The average molecular weight is 793 g/mol. The van der Waals surface area contributed by atoms with E-state index in [1.54, 1.807) is 0 Å². The van der Waals surface area contributed by atoms with Crippen molar-refractivity contribution in [2.24, 2.45) is 35.5 Å². The van der Waals surface area contributed by atoms with Gasteiger partial charge in [0.25, 0.3) is 11.8 Å². The number of nitrogens with one attached hydrogen (secondary N) is 2. The molecule has 0 aromatic carbocycles. The Labute approximate surface area is 332 Å². The van der Waals surface area contributed by atoms with Gasteiger partial charge in [0.05, 0.1) is 0 Å². The topological polar surface area (TPSA) is 235 Å². The maximum absolute atomic E-state index is 14.0. The van der Waals surface area contributed by atoms with Crippen LogP contribution in [0.25, 0.3) is 0 Å². The predicted molar refractivity (Wildman–Crippen MR) is 202 cm³/mol. The first-order valence-corrected chi connectivity index (χ1v) is 18.5. The highest BCUT2D eigenvalue weighted by Gasteiger charge is 2.42. The summed E-state index contributed by atoms with van der Waals surface area (Å²) in [4.78, 5) is 157. The molecule has 2 amide bonds. The number of hydrogen-bond acceptors (Lipinski definition) is 14. The van der Waals surface area contributed by atoms with Crippen molar-refractivity contribution in [3.05, 3.63) is 97.2 Å². The summed E-state index contributed by atoms with van der Waals surface area (Å²) in [5, 5.41) is 1.79. The third-order valence-corrected chi connectivity index (χ3v) is 10.7. The van der Waals surface area contributed by atoms with Crippen LogP contribution in [-0.2, 0) is 57.5 Å². The Bertz CT molecular complexity index is 1850. The molecule has 0 aromatic heterocycles. The van der Waals surface area contributed by atoms with Crippen LogP contribution in [0.5, 0.6) is 0 Å². The number of ketones is 10. The van der Waals surface area contributed by atoms with Gasteiger partial charge >= 0.3 is 0 Å². The molecule has 1 fully saturated rings. The van der Waals surface area contributed by atoms with Gasteiger partial charge in [-0.3, -0.25) is 67.6 Å². The number of carbonyl (C=O) groups excluding carboxylic acids is 12. The molecule has 4 aliphatic carbocycles. The Hall–Kier alpha value is -6.52. The summed E-state index contributed by atoms with van der Waals surface area (Å²) >= 11 is 0. The second-order valence-electron chi connectivity index (χ2n) is 14.5. The van der Waals surface area contributed by atoms with Gasteiger partial charge in [-0.1, -0.05) is 74.9 Å². The maximum Gasteiger partial charge on any atom is 0.252 e. The second kappa shape index (κ2) is 17.7. The van der Waals surface area contributed by atoms with E-state index in [0.717, 1.165) is 10.0 Å². The number of amides is 2. The van der Waals surface area contributed by atoms with Crippen LogP contribution >= 0.6 is 0 Å². The Kier molecular flexibility index (Phi) is 13.0. The Morgan fingerprint density at radius 3 is 1.03 bits per heavy atom. The van der Waals surface area contributed by atoms with Crippen LogP contribution in [0.1, 0.15) is 38.5 Å². The van der Waals surface area contributed by atoms with Crippen molar-refractivity contribution in [3.8, 4) is 0 Å². The van der Waals surface area contributed by atoms with Gasteiger partial charge in [0.15, 0.2) is 11.6 Å². The number of Topliss-reactive ketones (excluding diaryl/α,β-unsaturated/α-hetero) is 10. The van der Waals surface area contributed by atoms with Crippen molar-refractivity contribution in [2.45, 2.75) is 38.5 Å². The highest BCUT2D eigenvalue weighted by molar-refractivity contribution is 6.50. The van der Waals surface area contributed by atoms with Crippen molar-refractivity contribution in [1.29, 1.82) is 0 Å². The van der Waals surface area contributed by atoms with Crippen LogP contribution in [0.2, 0.25) is 0 Å². The number of rotatable bonds is 6. The van der Waals surface area contributed by atoms with Gasteiger partial charge in [-0.15, -0.1) is 11.1 Å². The van der Waals surface area contributed by atoms with Gasteiger partial charge < -0.3 is 0 Å². The zero-order valence-electron chi connectivity index (χ0n) is 31.4. The molecule has 16 nitrogen and oxygen atoms in total. The zero-order valence-corrected chi connectivity index (χ0v) is 31.4. The van der Waals surface area contributed by atoms with Crippen LogP contribution in [-0.4, -0.2) is 92.8 Å². The molecule has 0 bridgehead atoms. The predicted octanol–water partition coefficient (Wildman–Crippen LogP) is 0.814. The van der Waals surface area contributed by atoms with Crippen molar-refractivity contribution in [3.63, 3.8) is 0 Å². The molecule has 58 heavy (non-hydrogen) atoms. The molecule has 0 radical (unpaired) electrons. The Balaban J connectivity index is 1.49. The second-order valence-corrected chi connectivity index (χ2v) is 14.5. The Morgan fingerprint density at radius 1 is 0.448 bits per heavy atom. The molecule has 6 atom stereocenters. The molecule has 1 aliphatic heterocycles. The fourth-order valence-electron chi connectivity index (χ4n) is 7.20. The van der Waals surface area contributed by atoms with Gasteiger partial charge in [0, 0.05) is 47.2 Å². The first-order valence-electron chi connectivity index (χ1n) is 18.5. The molecular weight excluding hydrogens is 752 g/mol. The van der Waals surface area contributed by atoms with E-state index in [0.29, 0.717) is 0 Å². The van der Waals surface area contributed by atoms with Crippen LogP contribution in [0.15, 0.2) is 97.2 Å². The molecule has 6 unspecified atom stereocenters. The number of nitrogens with zero attached hydrogens (tertiary/aromatic N) is 2. The molecule has 16 heteroatoms. The lowest BCUT2D eigenvalue weighted by atomic mass is 9.76. The highest BCUT2D eigenvalue weighted by atomic mass is 16.2. The third kappa shape index (κ3) is 8.72. The summed E-state index contributed by atoms with van der Waals surface area (Å²) in [6, 6.07) is 0. The van der Waals surface area contributed by atoms with Crippen molar-refractivity contribution in [1.82, 2.24) is 21.1 Å². The van der Waals surface area contributed by atoms with Gasteiger partial charge in [-0.2, -0.15) is 0 Å². The van der Waals surface area contributed by atoms with E-state index in [4.69, 9.17) is 0 Å². The minimum absolute atomic E-state index is 0.0269. The highest BCUT2D eigenvalue weighted by Crippen LogP contribution is 2.31. The lowest BCUT2D eigenvalue weighted by molar-refractivity contribution is -0.153. The average Bonchev–Trinajstić information content (AvgIpc) is 3.20. The standard InChI is InChI=1S/C42H40N4O12/c1-21-9-15-27(37(53)31(21)47)35(51)25-7-5-19-45(41(57)29-17-11-23(3)33(49)39(29)55)43-44-46(42(58)30-18-12-24(4)34(50)40(30)56)20-6-8-26(14-13-25)36(52)28-16-10-22(2)32(48)38(28)54/h9-12,15-18,25-30,43-44H,1-8,13-14,19-20H2. The fourth-order valence-corrected chi connectivity index (χ4v) is 7.20.